The van der Waals surface area contributed by atoms with Crippen molar-refractivity contribution >= 4 is 106 Å². The molecule has 0 aliphatic rings. The van der Waals surface area contributed by atoms with Crippen LogP contribution in [0.2, 0.25) is 0 Å². The van der Waals surface area contributed by atoms with Crippen LogP contribution in [0.3, 0.4) is 0 Å². The fourth-order valence-electron chi connectivity index (χ4n) is 7.17. The molecule has 0 radical (unpaired) electrons. The zero-order valence-electron chi connectivity index (χ0n) is 51.4. The summed E-state index contributed by atoms with van der Waals surface area (Å²) in [4.78, 5) is 72.5. The summed E-state index contributed by atoms with van der Waals surface area (Å²) >= 11 is 13.9. The summed E-state index contributed by atoms with van der Waals surface area (Å²) in [5, 5.41) is 16.8. The number of aromatic carboxylic acids is 2. The smallest absolute Gasteiger partial charge is 1.00 e. The van der Waals surface area contributed by atoms with E-state index in [-0.39, 0.29) is 133 Å². The number of halogens is 2. The average molecular weight is 1390 g/mol. The minimum atomic E-state index is -0.967. The standard InChI is InChI=1S/2C18H15S.C10H10O3S.C8H7FO2.2C7H6O2S.C2H4OS.CH3.ClH.2Na.H2O/c2*1-4-10-16(11-5-1)19(17-12-6-2-7-13-17)18-14-8-3-9-15-18;1-7(11)14-9-6-4-3-5-8(9)10(12)13-2;1-11-8(10)6-4-2-3-5-7(6)9;2*8-7(9)5-3-1-2-4-6(5)10;1-2(3)4;;;;;/h2*1-15H;3-6H,1-2H3;2-5H,1H3;2*1-4,10H,(H,8,9);1H3,(H,3,4);1H3;1H;;;1H2/q2*+1;;;;;;-1;;2*+1;/p-4. The molecule has 0 unspecified atom stereocenters. The number of carboxylic acid groups (broad SMARTS) is 2. The van der Waals surface area contributed by atoms with Gasteiger partial charge in [0.15, 0.2) is 39.6 Å². The van der Waals surface area contributed by atoms with Crippen molar-refractivity contribution in [1.29, 1.82) is 0 Å². The van der Waals surface area contributed by atoms with E-state index in [1.54, 1.807) is 66.7 Å². The number of methoxy groups -OCH3 is 2. The Balaban J connectivity index is 0. The van der Waals surface area contributed by atoms with Crippen molar-refractivity contribution in [3.63, 3.8) is 0 Å². The number of carbonyl (C=O) groups is 6. The van der Waals surface area contributed by atoms with E-state index in [1.165, 1.54) is 87.8 Å². The van der Waals surface area contributed by atoms with E-state index < -0.39 is 29.7 Å². The summed E-state index contributed by atoms with van der Waals surface area (Å²) in [6.07, 6.45) is 0. The zero-order chi connectivity index (χ0) is 63.3. The second kappa shape index (κ2) is 50.0. The normalized spacial score (nSPS) is 9.22. The van der Waals surface area contributed by atoms with Gasteiger partial charge in [-0.25, -0.2) is 23.6 Å². The molecule has 0 fully saturated rings. The van der Waals surface area contributed by atoms with Crippen molar-refractivity contribution in [1.82, 2.24) is 0 Å². The molecule has 0 heterocycles. The molecule has 10 aromatic rings. The summed E-state index contributed by atoms with van der Waals surface area (Å²) in [6, 6.07) is 89.8. The molecule has 0 aliphatic heterocycles. The SMILES string of the molecule is CC(=O)S.COC(=O)c1ccccc1F.COC(=O)c1ccccc1SC(C)=O.O=C(O)c1ccccc1[S-].O=C(O)c1ccccc1[S-].[CH3-].[Cl-].[Na+].[Na+].[OH-].c1ccc([S+](c2ccccc2)c2ccccc2)cc1.c1ccc([S+](c2ccccc2)c2ccccc2)cc1. The summed E-state index contributed by atoms with van der Waals surface area (Å²) in [7, 11) is 2.50. The molecule has 0 saturated carbocycles. The summed E-state index contributed by atoms with van der Waals surface area (Å²) in [5.41, 5.74) is 0.778. The third-order valence-electron chi connectivity index (χ3n) is 10.9. The van der Waals surface area contributed by atoms with Gasteiger partial charge in [-0.2, -0.15) is 9.79 Å². The molecule has 0 aromatic heterocycles. The van der Waals surface area contributed by atoms with E-state index in [4.69, 9.17) is 35.5 Å². The Morgan fingerprint density at radius 1 is 0.402 bits per heavy atom. The second-order valence-electron chi connectivity index (χ2n) is 17.2. The number of benzene rings is 10. The second-order valence-corrected chi connectivity index (χ2v) is 23.9. The third-order valence-corrected chi connectivity index (χ3v) is 17.0. The molecule has 3 N–H and O–H groups in total. The molecular weight excluding hydrogens is 1320 g/mol. The van der Waals surface area contributed by atoms with Crippen molar-refractivity contribution in [2.24, 2.45) is 0 Å². The number of thiol groups is 1. The van der Waals surface area contributed by atoms with Crippen LogP contribution in [-0.2, 0) is 66.1 Å². The van der Waals surface area contributed by atoms with Crippen LogP contribution in [0, 0.1) is 13.2 Å². The molecule has 0 bridgehead atoms. The maximum Gasteiger partial charge on any atom is 1.00 e. The first-order valence-corrected chi connectivity index (χ1v) is 30.7. The van der Waals surface area contributed by atoms with Gasteiger partial charge in [0.1, 0.15) is 5.82 Å². The summed E-state index contributed by atoms with van der Waals surface area (Å²) in [6.45, 7) is 2.85. The maximum atomic E-state index is 12.7. The van der Waals surface area contributed by atoms with Gasteiger partial charge in [-0.15, -0.1) is 12.6 Å². The number of carbonyl (C=O) groups excluding carboxylic acids is 4. The topological polar surface area (TPSA) is 191 Å². The van der Waals surface area contributed by atoms with Crippen molar-refractivity contribution in [2.45, 2.75) is 57.9 Å². The van der Waals surface area contributed by atoms with Crippen LogP contribution in [0.4, 0.5) is 4.39 Å². The number of rotatable bonds is 11. The van der Waals surface area contributed by atoms with Crippen molar-refractivity contribution < 1.29 is 130 Å². The molecule has 10 aromatic carbocycles. The first-order valence-electron chi connectivity index (χ1n) is 26.1. The van der Waals surface area contributed by atoms with Crippen LogP contribution in [0.15, 0.2) is 323 Å². The van der Waals surface area contributed by atoms with Crippen molar-refractivity contribution in [2.75, 3.05) is 14.2 Å². The number of carboxylic acids is 2. The van der Waals surface area contributed by atoms with Crippen LogP contribution in [-0.4, -0.2) is 64.0 Å². The van der Waals surface area contributed by atoms with Gasteiger partial charge in [-0.3, -0.25) is 9.59 Å². The Hall–Kier alpha value is -6.56. The van der Waals surface area contributed by atoms with Gasteiger partial charge in [0.2, 0.25) is 0 Å². The quantitative estimate of drug-likeness (QED) is 0.0218. The van der Waals surface area contributed by atoms with E-state index in [0.29, 0.717) is 20.2 Å². The van der Waals surface area contributed by atoms with Gasteiger partial charge < -0.3 is 70.3 Å². The Morgan fingerprint density at radius 3 is 0.848 bits per heavy atom. The van der Waals surface area contributed by atoms with Gasteiger partial charge in [-0.1, -0.05) is 182 Å². The van der Waals surface area contributed by atoms with Crippen LogP contribution in [0.5, 0.6) is 0 Å². The fourth-order valence-corrected chi connectivity index (χ4v) is 12.6. The van der Waals surface area contributed by atoms with E-state index >= 15 is 0 Å². The van der Waals surface area contributed by atoms with E-state index in [0.717, 1.165) is 11.8 Å². The predicted molar refractivity (Wildman–Crippen MR) is 361 cm³/mol. The summed E-state index contributed by atoms with van der Waals surface area (Å²) < 4.78 is 21.7. The number of ether oxygens (including phenoxy) is 2. The molecule has 0 amide bonds. The Kier molecular flexibility index (Phi) is 47.5. The van der Waals surface area contributed by atoms with E-state index in [1.807, 2.05) is 0 Å². The Labute approximate surface area is 615 Å². The molecule has 10 rings (SSSR count). The van der Waals surface area contributed by atoms with Gasteiger partial charge in [0, 0.05) is 29.9 Å². The van der Waals surface area contributed by atoms with Gasteiger partial charge in [-0.05, 0) is 109 Å². The van der Waals surface area contributed by atoms with E-state index in [9.17, 15) is 33.2 Å². The van der Waals surface area contributed by atoms with Gasteiger partial charge in [0.05, 0.1) is 47.1 Å². The van der Waals surface area contributed by atoms with Gasteiger partial charge in [0.25, 0.3) is 0 Å². The van der Waals surface area contributed by atoms with Crippen LogP contribution in [0.25, 0.3) is 0 Å². The minimum absolute atomic E-state index is 0. The monoisotopic (exact) mass is 1390 g/mol. The predicted octanol–water partition coefficient (Wildman–Crippen LogP) is 7.62. The molecule has 11 nitrogen and oxygen atoms in total. The first-order chi connectivity index (χ1) is 42.0. The third kappa shape index (κ3) is 31.8. The number of esters is 2. The molecule has 0 spiro atoms. The van der Waals surface area contributed by atoms with Crippen molar-refractivity contribution in [3.05, 3.63) is 315 Å². The fraction of sp³-hybridized carbons (Fsp3) is 0.0563. The molecule has 0 atom stereocenters. The Morgan fingerprint density at radius 2 is 0.620 bits per heavy atom. The van der Waals surface area contributed by atoms with Crippen molar-refractivity contribution in [3.8, 4) is 0 Å². The largest absolute Gasteiger partial charge is 1.00 e. The van der Waals surface area contributed by atoms with Crippen LogP contribution >= 0.6 is 24.4 Å². The average Bonchev–Trinajstić information content (AvgIpc) is 0.854. The number of hydrogen-bond acceptors (Lipinski definition) is 12. The maximum absolute atomic E-state index is 12.7. The number of hydrogen-bond donors (Lipinski definition) is 3. The summed E-state index contributed by atoms with van der Waals surface area (Å²) in [5.74, 6) is -3.56. The number of thioether (sulfide) groups is 1. The van der Waals surface area contributed by atoms with E-state index in [2.05, 4.69) is 204 Å². The minimum Gasteiger partial charge on any atom is -1.00 e. The molecule has 468 valence electrons. The molecule has 92 heavy (non-hydrogen) atoms. The molecule has 0 aliphatic carbocycles. The molecular formula is C71H65ClFNa2O11S6-. The van der Waals surface area contributed by atoms with Gasteiger partial charge >= 0.3 is 83.0 Å². The molecule has 0 saturated heterocycles. The zero-order valence-corrected chi connectivity index (χ0v) is 61.1. The Bertz CT molecular complexity index is 3360. The first kappa shape index (κ1) is 87.5. The molecule has 21 heteroatoms. The van der Waals surface area contributed by atoms with Crippen LogP contribution < -0.4 is 71.5 Å². The van der Waals surface area contributed by atoms with Crippen LogP contribution in [0.1, 0.15) is 55.3 Å².